The number of rotatable bonds is 3. The van der Waals surface area contributed by atoms with Crippen LogP contribution in [0, 0.1) is 0 Å². The third-order valence-electron chi connectivity index (χ3n) is 2.20. The lowest BCUT2D eigenvalue weighted by Crippen LogP contribution is -2.16. The number of aromatic nitrogens is 1. The molecule has 2 aromatic rings. The number of benzene rings is 1. The first-order valence-electron chi connectivity index (χ1n) is 5.18. The SMILES string of the molecule is CC(=O)c1csc(-c2ccc(OC(F)(F)F)cc2)n1. The van der Waals surface area contributed by atoms with Crippen LogP contribution in [0.1, 0.15) is 17.4 Å². The van der Waals surface area contributed by atoms with Crippen LogP contribution in [0.2, 0.25) is 0 Å². The van der Waals surface area contributed by atoms with E-state index in [9.17, 15) is 18.0 Å². The smallest absolute Gasteiger partial charge is 0.406 e. The monoisotopic (exact) mass is 287 g/mol. The maximum Gasteiger partial charge on any atom is 0.573 e. The summed E-state index contributed by atoms with van der Waals surface area (Å²) >= 11 is 1.25. The molecule has 0 atom stereocenters. The summed E-state index contributed by atoms with van der Waals surface area (Å²) in [6.07, 6.45) is -4.70. The van der Waals surface area contributed by atoms with Gasteiger partial charge in [-0.25, -0.2) is 4.98 Å². The van der Waals surface area contributed by atoms with Crippen molar-refractivity contribution in [2.75, 3.05) is 0 Å². The Labute approximate surface area is 110 Å². The van der Waals surface area contributed by atoms with Crippen molar-refractivity contribution in [1.82, 2.24) is 4.98 Å². The van der Waals surface area contributed by atoms with Crippen molar-refractivity contribution in [1.29, 1.82) is 0 Å². The average Bonchev–Trinajstić information content (AvgIpc) is 2.77. The standard InChI is InChI=1S/C12H8F3NO2S/c1-7(17)10-6-19-11(16-10)8-2-4-9(5-3-8)18-12(13,14)15/h2-6H,1H3. The minimum atomic E-state index is -4.70. The van der Waals surface area contributed by atoms with Crippen molar-refractivity contribution in [3.63, 3.8) is 0 Å². The number of carbonyl (C=O) groups excluding carboxylic acids is 1. The molecule has 19 heavy (non-hydrogen) atoms. The topological polar surface area (TPSA) is 39.2 Å². The molecule has 0 saturated heterocycles. The molecule has 0 spiro atoms. The molecule has 100 valence electrons. The highest BCUT2D eigenvalue weighted by Gasteiger charge is 2.30. The number of Topliss-reactive ketones (excluding diaryl/α,β-unsaturated/α-hetero) is 1. The van der Waals surface area contributed by atoms with Crippen molar-refractivity contribution >= 4 is 17.1 Å². The Kier molecular flexibility index (Phi) is 3.57. The van der Waals surface area contributed by atoms with Gasteiger partial charge in [-0.2, -0.15) is 0 Å². The van der Waals surface area contributed by atoms with Crippen LogP contribution < -0.4 is 4.74 Å². The Hall–Kier alpha value is -1.89. The van der Waals surface area contributed by atoms with Crippen LogP contribution in [0.15, 0.2) is 29.6 Å². The molecule has 3 nitrogen and oxygen atoms in total. The highest BCUT2D eigenvalue weighted by molar-refractivity contribution is 7.13. The fourth-order valence-electron chi connectivity index (χ4n) is 1.37. The Morgan fingerprint density at radius 2 is 1.89 bits per heavy atom. The molecule has 1 aromatic carbocycles. The highest BCUT2D eigenvalue weighted by atomic mass is 32.1. The zero-order valence-corrected chi connectivity index (χ0v) is 10.5. The van der Waals surface area contributed by atoms with Crippen LogP contribution in [0.25, 0.3) is 10.6 Å². The summed E-state index contributed by atoms with van der Waals surface area (Å²) in [6, 6.07) is 5.34. The summed E-state index contributed by atoms with van der Waals surface area (Å²) in [5.41, 5.74) is 0.975. The lowest BCUT2D eigenvalue weighted by atomic mass is 10.2. The number of halogens is 3. The van der Waals surface area contributed by atoms with E-state index in [1.807, 2.05) is 0 Å². The molecule has 0 saturated carbocycles. The van der Waals surface area contributed by atoms with E-state index in [1.165, 1.54) is 42.5 Å². The van der Waals surface area contributed by atoms with Gasteiger partial charge in [0.15, 0.2) is 5.78 Å². The second-order valence-corrected chi connectivity index (χ2v) is 4.52. The summed E-state index contributed by atoms with van der Waals surface area (Å²) in [6.45, 7) is 1.40. The van der Waals surface area contributed by atoms with Gasteiger partial charge in [0.25, 0.3) is 0 Å². The van der Waals surface area contributed by atoms with Gasteiger partial charge in [-0.1, -0.05) is 0 Å². The maximum atomic E-state index is 12.0. The predicted molar refractivity (Wildman–Crippen MR) is 64.2 cm³/mol. The van der Waals surface area contributed by atoms with Gasteiger partial charge in [0.05, 0.1) is 0 Å². The summed E-state index contributed by atoms with van der Waals surface area (Å²) < 4.78 is 39.7. The number of ketones is 1. The van der Waals surface area contributed by atoms with Gasteiger partial charge in [-0.05, 0) is 24.3 Å². The van der Waals surface area contributed by atoms with Gasteiger partial charge >= 0.3 is 6.36 Å². The molecule has 7 heteroatoms. The van der Waals surface area contributed by atoms with E-state index in [2.05, 4.69) is 9.72 Å². The maximum absolute atomic E-state index is 12.0. The molecular weight excluding hydrogens is 279 g/mol. The molecule has 1 heterocycles. The zero-order valence-electron chi connectivity index (χ0n) is 9.69. The summed E-state index contributed by atoms with van der Waals surface area (Å²) in [5.74, 6) is -0.445. The fourth-order valence-corrected chi connectivity index (χ4v) is 2.23. The predicted octanol–water partition coefficient (Wildman–Crippen LogP) is 3.91. The van der Waals surface area contributed by atoms with Crippen molar-refractivity contribution in [3.05, 3.63) is 35.3 Å². The van der Waals surface area contributed by atoms with Crippen molar-refractivity contribution in [2.45, 2.75) is 13.3 Å². The molecule has 0 aliphatic carbocycles. The fraction of sp³-hybridized carbons (Fsp3) is 0.167. The van der Waals surface area contributed by atoms with Crippen LogP contribution in [0.4, 0.5) is 13.2 Å². The van der Waals surface area contributed by atoms with E-state index in [-0.39, 0.29) is 11.5 Å². The molecule has 1 aromatic heterocycles. The Morgan fingerprint density at radius 3 is 2.37 bits per heavy atom. The minimum Gasteiger partial charge on any atom is -0.406 e. The van der Waals surface area contributed by atoms with Gasteiger partial charge in [-0.3, -0.25) is 4.79 Å². The van der Waals surface area contributed by atoms with Crippen LogP contribution in [0.3, 0.4) is 0 Å². The molecule has 0 bridgehead atoms. The average molecular weight is 287 g/mol. The van der Waals surface area contributed by atoms with Crippen molar-refractivity contribution < 1.29 is 22.7 Å². The van der Waals surface area contributed by atoms with Gasteiger partial charge in [0, 0.05) is 17.9 Å². The molecular formula is C12H8F3NO2S. The molecule has 0 aliphatic heterocycles. The summed E-state index contributed by atoms with van der Waals surface area (Å²) in [5, 5.41) is 2.18. The van der Waals surface area contributed by atoms with Crippen molar-refractivity contribution in [2.24, 2.45) is 0 Å². The van der Waals surface area contributed by atoms with Crippen LogP contribution in [0.5, 0.6) is 5.75 Å². The van der Waals surface area contributed by atoms with Gasteiger partial charge < -0.3 is 4.74 Å². The van der Waals surface area contributed by atoms with E-state index >= 15 is 0 Å². The Morgan fingerprint density at radius 1 is 1.26 bits per heavy atom. The number of ether oxygens (including phenoxy) is 1. The highest BCUT2D eigenvalue weighted by Crippen LogP contribution is 2.28. The number of alkyl halides is 3. The van der Waals surface area contributed by atoms with E-state index in [0.717, 1.165) is 0 Å². The molecule has 0 amide bonds. The normalized spacial score (nSPS) is 11.4. The van der Waals surface area contributed by atoms with Crippen molar-refractivity contribution in [3.8, 4) is 16.3 Å². The lowest BCUT2D eigenvalue weighted by Gasteiger charge is -2.08. The first kappa shape index (κ1) is 13.5. The van der Waals surface area contributed by atoms with E-state index < -0.39 is 6.36 Å². The third-order valence-corrected chi connectivity index (χ3v) is 3.09. The second kappa shape index (κ2) is 5.00. The van der Waals surface area contributed by atoms with E-state index in [0.29, 0.717) is 16.3 Å². The Bertz CT molecular complexity index is 590. The molecule has 2 rings (SSSR count). The van der Waals surface area contributed by atoms with Gasteiger partial charge in [0.1, 0.15) is 16.5 Å². The van der Waals surface area contributed by atoms with Crippen LogP contribution in [-0.4, -0.2) is 17.1 Å². The van der Waals surface area contributed by atoms with Crippen LogP contribution >= 0.6 is 11.3 Å². The molecule has 0 N–H and O–H groups in total. The van der Waals surface area contributed by atoms with Gasteiger partial charge in [0.2, 0.25) is 0 Å². The Balaban J connectivity index is 2.20. The number of hydrogen-bond acceptors (Lipinski definition) is 4. The quantitative estimate of drug-likeness (QED) is 0.803. The number of thiazole rings is 1. The molecule has 0 aliphatic rings. The molecule has 0 fully saturated rings. The van der Waals surface area contributed by atoms with Crippen LogP contribution in [-0.2, 0) is 0 Å². The van der Waals surface area contributed by atoms with E-state index in [1.54, 1.807) is 5.38 Å². The molecule has 0 radical (unpaired) electrons. The zero-order chi connectivity index (χ0) is 14.0. The lowest BCUT2D eigenvalue weighted by molar-refractivity contribution is -0.274. The first-order chi connectivity index (χ1) is 8.85. The van der Waals surface area contributed by atoms with Gasteiger partial charge in [-0.15, -0.1) is 24.5 Å². The third kappa shape index (κ3) is 3.54. The summed E-state index contributed by atoms with van der Waals surface area (Å²) in [4.78, 5) is 15.2. The largest absolute Gasteiger partial charge is 0.573 e. The number of nitrogens with zero attached hydrogens (tertiary/aromatic N) is 1. The first-order valence-corrected chi connectivity index (χ1v) is 6.06. The number of hydrogen-bond donors (Lipinski definition) is 0. The molecule has 0 unspecified atom stereocenters. The van der Waals surface area contributed by atoms with E-state index in [4.69, 9.17) is 0 Å². The second-order valence-electron chi connectivity index (χ2n) is 3.67. The summed E-state index contributed by atoms with van der Waals surface area (Å²) in [7, 11) is 0. The number of carbonyl (C=O) groups is 1. The minimum absolute atomic E-state index is 0.153.